The maximum atomic E-state index is 12.8. The molecule has 4 rings (SSSR count). The molecular weight excluding hydrogens is 342 g/mol. The minimum absolute atomic E-state index is 0.0512. The highest BCUT2D eigenvalue weighted by Gasteiger charge is 2.34. The number of hydrogen-bond acceptors (Lipinski definition) is 4. The molecule has 23 heavy (non-hydrogen) atoms. The first kappa shape index (κ1) is 14.6. The Kier molecular flexibility index (Phi) is 3.77. The van der Waals surface area contributed by atoms with Crippen LogP contribution in [0, 0.1) is 0 Å². The van der Waals surface area contributed by atoms with Gasteiger partial charge in [0, 0.05) is 10.3 Å². The van der Waals surface area contributed by atoms with E-state index in [1.165, 1.54) is 11.8 Å². The second-order valence-corrected chi connectivity index (χ2v) is 7.69. The van der Waals surface area contributed by atoms with Crippen molar-refractivity contribution < 1.29 is 4.79 Å². The minimum atomic E-state index is -0.0512. The number of thioether (sulfide) groups is 1. The van der Waals surface area contributed by atoms with E-state index in [0.717, 1.165) is 21.3 Å². The number of thiocarbonyl (C=S) groups is 1. The molecule has 2 nitrogen and oxygen atoms in total. The first-order chi connectivity index (χ1) is 11.2. The molecule has 0 spiro atoms. The molecule has 0 N–H and O–H groups in total. The van der Waals surface area contributed by atoms with Crippen molar-refractivity contribution in [3.63, 3.8) is 0 Å². The molecule has 0 unspecified atom stereocenters. The number of thiophene rings is 1. The molecule has 3 aromatic rings. The van der Waals surface area contributed by atoms with Gasteiger partial charge in [-0.3, -0.25) is 9.69 Å². The van der Waals surface area contributed by atoms with Crippen LogP contribution in [0.25, 0.3) is 16.8 Å². The summed E-state index contributed by atoms with van der Waals surface area (Å²) < 4.78 is 0.578. The van der Waals surface area contributed by atoms with Crippen LogP contribution in [-0.2, 0) is 4.79 Å². The molecule has 112 valence electrons. The molecular formula is C18H11NOS3. The van der Waals surface area contributed by atoms with Crippen LogP contribution < -0.4 is 4.90 Å². The Hall–Kier alpha value is -1.95. The lowest BCUT2D eigenvalue weighted by atomic mass is 10.1. The van der Waals surface area contributed by atoms with Gasteiger partial charge in [0.2, 0.25) is 0 Å². The van der Waals surface area contributed by atoms with Crippen LogP contribution in [0.2, 0.25) is 0 Å². The maximum absolute atomic E-state index is 12.8. The smallest absolute Gasteiger partial charge is 0.268 e. The van der Waals surface area contributed by atoms with Gasteiger partial charge in [-0.2, -0.15) is 0 Å². The summed E-state index contributed by atoms with van der Waals surface area (Å²) in [6.45, 7) is 0. The van der Waals surface area contributed by atoms with Crippen molar-refractivity contribution in [1.29, 1.82) is 0 Å². The maximum Gasteiger partial charge on any atom is 0.270 e. The first-order valence-electron chi connectivity index (χ1n) is 7.03. The first-order valence-corrected chi connectivity index (χ1v) is 9.14. The predicted molar refractivity (Wildman–Crippen MR) is 104 cm³/mol. The number of benzene rings is 2. The zero-order valence-corrected chi connectivity index (χ0v) is 14.4. The fraction of sp³-hybridized carbons (Fsp3) is 0. The number of carbonyl (C=O) groups excluding carboxylic acids is 1. The number of rotatable bonds is 2. The Morgan fingerprint density at radius 1 is 1.00 bits per heavy atom. The van der Waals surface area contributed by atoms with Gasteiger partial charge in [0.1, 0.15) is 0 Å². The summed E-state index contributed by atoms with van der Waals surface area (Å²) >= 11 is 8.43. The second-order valence-electron chi connectivity index (χ2n) is 5.03. The van der Waals surface area contributed by atoms with Gasteiger partial charge in [0.25, 0.3) is 5.91 Å². The van der Waals surface area contributed by atoms with Crippen LogP contribution in [0.4, 0.5) is 5.69 Å². The van der Waals surface area contributed by atoms with Crippen molar-refractivity contribution in [1.82, 2.24) is 0 Å². The number of hydrogen-bond donors (Lipinski definition) is 0. The summed E-state index contributed by atoms with van der Waals surface area (Å²) in [5.41, 5.74) is 0.847. The largest absolute Gasteiger partial charge is 0.270 e. The molecule has 1 aromatic heterocycles. The molecule has 0 aliphatic carbocycles. The average molecular weight is 353 g/mol. The molecule has 1 aliphatic rings. The summed E-state index contributed by atoms with van der Waals surface area (Å²) in [5.74, 6) is -0.0512. The molecule has 1 aliphatic heterocycles. The molecule has 0 saturated carbocycles. The van der Waals surface area contributed by atoms with Crippen molar-refractivity contribution in [2.24, 2.45) is 0 Å². The lowest BCUT2D eigenvalue weighted by molar-refractivity contribution is -0.113. The second kappa shape index (κ2) is 5.92. The van der Waals surface area contributed by atoms with E-state index in [2.05, 4.69) is 0 Å². The quantitative estimate of drug-likeness (QED) is 0.460. The highest BCUT2D eigenvalue weighted by molar-refractivity contribution is 8.27. The van der Waals surface area contributed by atoms with E-state index in [1.54, 1.807) is 16.2 Å². The molecule has 1 amide bonds. The SMILES string of the molecule is O=C1/C(=C/c2cccs2)SC(=S)N1c1cccc2ccccc12. The highest BCUT2D eigenvalue weighted by atomic mass is 32.2. The number of nitrogens with zero attached hydrogens (tertiary/aromatic N) is 1. The Labute approximate surface area is 147 Å². The normalized spacial score (nSPS) is 16.7. The van der Waals surface area contributed by atoms with Crippen molar-refractivity contribution in [2.45, 2.75) is 0 Å². The predicted octanol–water partition coefficient (Wildman–Crippen LogP) is 5.31. The molecule has 1 saturated heterocycles. The average Bonchev–Trinajstić information content (AvgIpc) is 3.16. The molecule has 2 aromatic carbocycles. The number of amides is 1. The van der Waals surface area contributed by atoms with E-state index in [1.807, 2.05) is 66.1 Å². The zero-order valence-electron chi connectivity index (χ0n) is 11.9. The summed E-state index contributed by atoms with van der Waals surface area (Å²) in [5, 5.41) is 4.13. The van der Waals surface area contributed by atoms with E-state index in [4.69, 9.17) is 12.2 Å². The van der Waals surface area contributed by atoms with Crippen LogP contribution in [0.5, 0.6) is 0 Å². The van der Waals surface area contributed by atoms with Gasteiger partial charge < -0.3 is 0 Å². The highest BCUT2D eigenvalue weighted by Crippen LogP contribution is 2.39. The van der Waals surface area contributed by atoms with Gasteiger partial charge in [-0.25, -0.2) is 0 Å². The molecule has 5 heteroatoms. The third-order valence-corrected chi connectivity index (χ3v) is 5.74. The minimum Gasteiger partial charge on any atom is -0.268 e. The van der Waals surface area contributed by atoms with Crippen LogP contribution in [-0.4, -0.2) is 10.2 Å². The molecule has 0 bridgehead atoms. The Morgan fingerprint density at radius 2 is 1.83 bits per heavy atom. The third kappa shape index (κ3) is 2.61. The van der Waals surface area contributed by atoms with Gasteiger partial charge in [-0.1, -0.05) is 66.4 Å². The van der Waals surface area contributed by atoms with Crippen molar-refractivity contribution in [2.75, 3.05) is 4.90 Å². The molecule has 1 fully saturated rings. The fourth-order valence-electron chi connectivity index (χ4n) is 2.58. The van der Waals surface area contributed by atoms with Gasteiger partial charge in [-0.05, 0) is 29.0 Å². The summed E-state index contributed by atoms with van der Waals surface area (Å²) in [6, 6.07) is 17.9. The van der Waals surface area contributed by atoms with E-state index < -0.39 is 0 Å². The van der Waals surface area contributed by atoms with Crippen molar-refractivity contribution >= 4 is 68.1 Å². The Morgan fingerprint density at radius 3 is 2.65 bits per heavy atom. The zero-order chi connectivity index (χ0) is 15.8. The van der Waals surface area contributed by atoms with Gasteiger partial charge >= 0.3 is 0 Å². The van der Waals surface area contributed by atoms with E-state index >= 15 is 0 Å². The van der Waals surface area contributed by atoms with E-state index in [0.29, 0.717) is 9.23 Å². The topological polar surface area (TPSA) is 20.3 Å². The van der Waals surface area contributed by atoms with Crippen molar-refractivity contribution in [3.8, 4) is 0 Å². The van der Waals surface area contributed by atoms with Gasteiger partial charge in [0.05, 0.1) is 10.6 Å². The van der Waals surface area contributed by atoms with Crippen LogP contribution in [0.1, 0.15) is 4.88 Å². The Balaban J connectivity index is 1.80. The third-order valence-electron chi connectivity index (χ3n) is 3.62. The summed E-state index contributed by atoms with van der Waals surface area (Å²) in [6.07, 6.45) is 1.91. The Bertz CT molecular complexity index is 939. The standard InChI is InChI=1S/C18H11NOS3/c20-17-16(11-13-7-4-10-22-13)23-18(21)19(17)15-9-3-6-12-5-1-2-8-14(12)15/h1-11H/b16-11-. The lowest BCUT2D eigenvalue weighted by Crippen LogP contribution is -2.27. The summed E-state index contributed by atoms with van der Waals surface area (Å²) in [4.78, 5) is 16.2. The number of fused-ring (bicyclic) bond motifs is 1. The number of anilines is 1. The monoisotopic (exact) mass is 353 g/mol. The van der Waals surface area contributed by atoms with E-state index in [9.17, 15) is 4.79 Å². The fourth-order valence-corrected chi connectivity index (χ4v) is 4.59. The molecule has 0 radical (unpaired) electrons. The van der Waals surface area contributed by atoms with Crippen LogP contribution in [0.3, 0.4) is 0 Å². The summed E-state index contributed by atoms with van der Waals surface area (Å²) in [7, 11) is 0. The van der Waals surface area contributed by atoms with Crippen LogP contribution in [0.15, 0.2) is 64.9 Å². The molecule has 2 heterocycles. The number of carbonyl (C=O) groups is 1. The molecule has 0 atom stereocenters. The van der Waals surface area contributed by atoms with Gasteiger partial charge in [0.15, 0.2) is 4.32 Å². The lowest BCUT2D eigenvalue weighted by Gasteiger charge is -2.17. The van der Waals surface area contributed by atoms with E-state index in [-0.39, 0.29) is 5.91 Å². The van der Waals surface area contributed by atoms with Crippen molar-refractivity contribution in [3.05, 3.63) is 69.8 Å². The van der Waals surface area contributed by atoms with Gasteiger partial charge in [-0.15, -0.1) is 11.3 Å². The van der Waals surface area contributed by atoms with Crippen LogP contribution >= 0.6 is 35.3 Å².